The number of quaternary nitrogens is 1. The molecule has 0 bridgehead atoms. The summed E-state index contributed by atoms with van der Waals surface area (Å²) in [7, 11) is 1.19. The topological polar surface area (TPSA) is 114 Å². The minimum atomic E-state index is -4.70. The number of esters is 1. The molecule has 1 amide bonds. The van der Waals surface area contributed by atoms with Crippen LogP contribution in [0.15, 0.2) is 48.6 Å². The van der Waals surface area contributed by atoms with Gasteiger partial charge in [-0.2, -0.15) is 0 Å². The Bertz CT molecular complexity index is 1440. The first kappa shape index (κ1) is 74.0. The van der Waals surface area contributed by atoms with Crippen molar-refractivity contribution in [2.45, 2.75) is 322 Å². The number of rotatable bonds is 59. The fourth-order valence-corrected chi connectivity index (χ4v) is 10.1. The highest BCUT2D eigenvalue weighted by molar-refractivity contribution is 7.45. The third-order valence-electron chi connectivity index (χ3n) is 14.5. The standard InChI is InChI=1S/C66H125N2O7P/c1-7-10-13-16-19-22-25-27-28-29-30-31-32-33-34-35-36-37-38-39-40-41-44-46-49-52-55-58-65(69)67-63(62-74-76(71,72)73-61-60-68(4,5)6)64(57-54-51-48-45-43-26-23-20-17-14-11-8-2)75-66(70)59-56-53-50-47-42-24-21-18-15-12-9-3/h18-19,21-22,27-28,54,57,63-64H,7-17,20,23-26,29-53,55-56,58-62H2,1-6H3,(H-,67,69,71,72)/b21-18-,22-19-,28-27-,57-54-. The van der Waals surface area contributed by atoms with Crippen molar-refractivity contribution in [3.8, 4) is 0 Å². The number of phosphoric ester groups is 1. The minimum Gasteiger partial charge on any atom is -0.756 e. The summed E-state index contributed by atoms with van der Waals surface area (Å²) < 4.78 is 30.3. The summed E-state index contributed by atoms with van der Waals surface area (Å²) in [6.45, 7) is 6.80. The Morgan fingerprint density at radius 3 is 1.26 bits per heavy atom. The Labute approximate surface area is 471 Å². The van der Waals surface area contributed by atoms with Gasteiger partial charge in [0.25, 0.3) is 7.82 Å². The molecule has 0 rings (SSSR count). The molecule has 0 aromatic rings. The Hall–Kier alpha value is -2.03. The van der Waals surface area contributed by atoms with E-state index in [2.05, 4.69) is 62.5 Å². The Kier molecular flexibility index (Phi) is 54.7. The lowest BCUT2D eigenvalue weighted by Crippen LogP contribution is -2.47. The number of hydrogen-bond donors (Lipinski definition) is 1. The number of nitrogens with zero attached hydrogens (tertiary/aromatic N) is 1. The van der Waals surface area contributed by atoms with E-state index in [0.717, 1.165) is 89.9 Å². The van der Waals surface area contributed by atoms with E-state index in [9.17, 15) is 19.0 Å². The summed E-state index contributed by atoms with van der Waals surface area (Å²) in [4.78, 5) is 39.9. The van der Waals surface area contributed by atoms with Crippen molar-refractivity contribution in [2.24, 2.45) is 0 Å². The Morgan fingerprint density at radius 2 is 0.816 bits per heavy atom. The van der Waals surface area contributed by atoms with E-state index in [1.54, 1.807) is 0 Å². The molecule has 76 heavy (non-hydrogen) atoms. The molecule has 10 heteroatoms. The van der Waals surface area contributed by atoms with Crippen molar-refractivity contribution in [2.75, 3.05) is 40.9 Å². The zero-order chi connectivity index (χ0) is 55.7. The van der Waals surface area contributed by atoms with Crippen molar-refractivity contribution in [1.82, 2.24) is 5.32 Å². The monoisotopic (exact) mass is 1090 g/mol. The Morgan fingerprint density at radius 1 is 0.461 bits per heavy atom. The fourth-order valence-electron chi connectivity index (χ4n) is 9.42. The molecule has 0 spiro atoms. The first-order chi connectivity index (χ1) is 36.9. The van der Waals surface area contributed by atoms with Crippen LogP contribution in [0, 0.1) is 0 Å². The van der Waals surface area contributed by atoms with Gasteiger partial charge >= 0.3 is 5.97 Å². The molecule has 0 fully saturated rings. The molecule has 0 aromatic carbocycles. The zero-order valence-corrected chi connectivity index (χ0v) is 51.9. The van der Waals surface area contributed by atoms with Crippen LogP contribution in [-0.4, -0.2) is 69.4 Å². The first-order valence-electron chi connectivity index (χ1n) is 32.4. The number of allylic oxidation sites excluding steroid dienone is 7. The molecular formula is C66H125N2O7P. The number of hydrogen-bond acceptors (Lipinski definition) is 7. The molecule has 446 valence electrons. The summed E-state index contributed by atoms with van der Waals surface area (Å²) >= 11 is 0. The molecule has 0 aliphatic rings. The molecule has 0 aliphatic heterocycles. The second-order valence-corrected chi connectivity index (χ2v) is 24.7. The van der Waals surface area contributed by atoms with E-state index >= 15 is 0 Å². The van der Waals surface area contributed by atoms with Crippen LogP contribution in [0.2, 0.25) is 0 Å². The SMILES string of the molecule is CCCC/C=C\CCCCCCCC(=O)OC(/C=C\CCCCCCCCCCCC)C(COP(=O)([O-])OCC[N+](C)(C)C)NC(=O)CCCCCCCCCCCCCCCCCCC/C=C\C/C=C\CCCCC. The van der Waals surface area contributed by atoms with Gasteiger partial charge < -0.3 is 28.5 Å². The van der Waals surface area contributed by atoms with Crippen molar-refractivity contribution < 1.29 is 37.3 Å². The van der Waals surface area contributed by atoms with E-state index in [1.165, 1.54) is 186 Å². The average molecular weight is 1090 g/mol. The molecule has 0 radical (unpaired) electrons. The summed E-state index contributed by atoms with van der Waals surface area (Å²) in [5.74, 6) is -0.543. The summed E-state index contributed by atoms with van der Waals surface area (Å²) in [5, 5.41) is 3.03. The largest absolute Gasteiger partial charge is 0.756 e. The molecule has 1 N–H and O–H groups in total. The lowest BCUT2D eigenvalue weighted by Gasteiger charge is -2.30. The highest BCUT2D eigenvalue weighted by atomic mass is 31.2. The molecule has 0 aliphatic carbocycles. The molecular weight excluding hydrogens is 964 g/mol. The number of amides is 1. The van der Waals surface area contributed by atoms with Gasteiger partial charge in [0.1, 0.15) is 19.3 Å². The summed E-state index contributed by atoms with van der Waals surface area (Å²) in [6.07, 6.45) is 69.5. The van der Waals surface area contributed by atoms with Crippen LogP contribution in [-0.2, 0) is 27.9 Å². The van der Waals surface area contributed by atoms with Crippen molar-refractivity contribution in [3.63, 3.8) is 0 Å². The zero-order valence-electron chi connectivity index (χ0n) is 51.0. The average Bonchev–Trinajstić information content (AvgIpc) is 3.38. The summed E-state index contributed by atoms with van der Waals surface area (Å²) in [5.41, 5.74) is 0. The molecule has 3 atom stereocenters. The normalized spacial score (nSPS) is 13.9. The minimum absolute atomic E-state index is 0.0223. The van der Waals surface area contributed by atoms with Gasteiger partial charge in [-0.15, -0.1) is 0 Å². The highest BCUT2D eigenvalue weighted by Gasteiger charge is 2.27. The van der Waals surface area contributed by atoms with Gasteiger partial charge in [0.15, 0.2) is 0 Å². The first-order valence-corrected chi connectivity index (χ1v) is 33.9. The predicted molar refractivity (Wildman–Crippen MR) is 326 cm³/mol. The maximum absolute atomic E-state index is 13.5. The quantitative estimate of drug-likeness (QED) is 0.0212. The van der Waals surface area contributed by atoms with E-state index in [1.807, 2.05) is 33.3 Å². The van der Waals surface area contributed by atoms with Crippen LogP contribution in [0.25, 0.3) is 0 Å². The van der Waals surface area contributed by atoms with Gasteiger partial charge in [-0.3, -0.25) is 14.2 Å². The van der Waals surface area contributed by atoms with Gasteiger partial charge in [-0.1, -0.05) is 262 Å². The van der Waals surface area contributed by atoms with E-state index in [-0.39, 0.29) is 31.5 Å². The van der Waals surface area contributed by atoms with Crippen LogP contribution in [0.3, 0.4) is 0 Å². The van der Waals surface area contributed by atoms with Crippen molar-refractivity contribution in [3.05, 3.63) is 48.6 Å². The summed E-state index contributed by atoms with van der Waals surface area (Å²) in [6, 6.07) is -0.888. The number of carbonyl (C=O) groups is 2. The molecule has 9 nitrogen and oxygen atoms in total. The number of phosphoric acid groups is 1. The van der Waals surface area contributed by atoms with Crippen molar-refractivity contribution >= 4 is 19.7 Å². The van der Waals surface area contributed by atoms with Gasteiger partial charge in [0.05, 0.1) is 33.8 Å². The molecule has 3 unspecified atom stereocenters. The number of ether oxygens (including phenoxy) is 1. The van der Waals surface area contributed by atoms with Crippen LogP contribution < -0.4 is 10.2 Å². The van der Waals surface area contributed by atoms with E-state index in [4.69, 9.17) is 13.8 Å². The lowest BCUT2D eigenvalue weighted by atomic mass is 10.0. The predicted octanol–water partition coefficient (Wildman–Crippen LogP) is 19.4. The third-order valence-corrected chi connectivity index (χ3v) is 15.4. The van der Waals surface area contributed by atoms with Crippen molar-refractivity contribution in [1.29, 1.82) is 0 Å². The second-order valence-electron chi connectivity index (χ2n) is 23.3. The maximum atomic E-state index is 13.5. The Balaban J connectivity index is 4.96. The van der Waals surface area contributed by atoms with Crippen LogP contribution in [0.5, 0.6) is 0 Å². The van der Waals surface area contributed by atoms with Crippen LogP contribution in [0.4, 0.5) is 0 Å². The van der Waals surface area contributed by atoms with E-state index < -0.39 is 20.0 Å². The fraction of sp³-hybridized carbons (Fsp3) is 0.848. The second kappa shape index (κ2) is 56.3. The van der Waals surface area contributed by atoms with Gasteiger partial charge in [0.2, 0.25) is 5.91 Å². The number of likely N-dealkylation sites (N-methyl/N-ethyl adjacent to an activating group) is 1. The maximum Gasteiger partial charge on any atom is 0.306 e. The van der Waals surface area contributed by atoms with E-state index in [0.29, 0.717) is 17.4 Å². The molecule has 0 heterocycles. The smallest absolute Gasteiger partial charge is 0.306 e. The third kappa shape index (κ3) is 56.7. The van der Waals surface area contributed by atoms with Gasteiger partial charge in [-0.05, 0) is 83.1 Å². The number of carbonyl (C=O) groups excluding carboxylic acids is 2. The molecule has 0 saturated heterocycles. The van der Waals surface area contributed by atoms with Crippen LogP contribution in [0.1, 0.15) is 310 Å². The number of unbranched alkanes of at least 4 members (excludes halogenated alkanes) is 37. The number of nitrogens with one attached hydrogen (secondary N) is 1. The molecule has 0 saturated carbocycles. The van der Waals surface area contributed by atoms with Crippen LogP contribution >= 0.6 is 7.82 Å². The van der Waals surface area contributed by atoms with Gasteiger partial charge in [-0.25, -0.2) is 0 Å². The van der Waals surface area contributed by atoms with Gasteiger partial charge in [0, 0.05) is 12.8 Å². The lowest BCUT2D eigenvalue weighted by molar-refractivity contribution is -0.870. The highest BCUT2D eigenvalue weighted by Crippen LogP contribution is 2.38. The molecule has 0 aromatic heterocycles.